The minimum atomic E-state index is -4.47. The smallest absolute Gasteiger partial charge is 0.336 e. The molecule has 1 aliphatic heterocycles. The van der Waals surface area contributed by atoms with Gasteiger partial charge in [0.15, 0.2) is 0 Å². The number of hydrogen-bond donors (Lipinski definition) is 6. The van der Waals surface area contributed by atoms with E-state index in [1.807, 2.05) is 0 Å². The number of nitrogens with zero attached hydrogens (tertiary/aromatic N) is 1. The number of amides is 5. The Kier molecular flexibility index (Phi) is 11.1. The van der Waals surface area contributed by atoms with E-state index in [4.69, 9.17) is 4.42 Å². The maximum Gasteiger partial charge on any atom is 0.336 e. The summed E-state index contributed by atoms with van der Waals surface area (Å²) in [6.45, 7) is 7.97. The lowest BCUT2D eigenvalue weighted by Gasteiger charge is -2.29. The molecule has 1 aromatic carbocycles. The molecule has 1 saturated heterocycles. The molecular formula is C28H38N5O10P. The van der Waals surface area contributed by atoms with Gasteiger partial charge >= 0.3 is 13.2 Å². The molecule has 16 heteroatoms. The highest BCUT2D eigenvalue weighted by Gasteiger charge is 2.38. The van der Waals surface area contributed by atoms with Crippen LogP contribution in [0.1, 0.15) is 53.0 Å². The molecule has 15 nitrogen and oxygen atoms in total. The van der Waals surface area contributed by atoms with Crippen LogP contribution < -0.4 is 26.9 Å². The van der Waals surface area contributed by atoms with Crippen molar-refractivity contribution in [1.29, 1.82) is 0 Å². The van der Waals surface area contributed by atoms with Gasteiger partial charge < -0.3 is 40.4 Å². The lowest BCUT2D eigenvalue weighted by Crippen LogP contribution is -2.57. The van der Waals surface area contributed by atoms with Gasteiger partial charge in [0, 0.05) is 36.7 Å². The number of benzene rings is 1. The van der Waals surface area contributed by atoms with Crippen LogP contribution in [-0.2, 0) is 34.7 Å². The summed E-state index contributed by atoms with van der Waals surface area (Å²) in [6.07, 6.45) is 0.232. The lowest BCUT2D eigenvalue weighted by molar-refractivity contribution is -0.142. The molecular weight excluding hydrogens is 597 g/mol. The van der Waals surface area contributed by atoms with Gasteiger partial charge in [0.1, 0.15) is 29.8 Å². The fourth-order valence-electron chi connectivity index (χ4n) is 4.99. The highest BCUT2D eigenvalue weighted by atomic mass is 31.2. The molecule has 44 heavy (non-hydrogen) atoms. The van der Waals surface area contributed by atoms with Gasteiger partial charge in [-0.1, -0.05) is 13.8 Å². The van der Waals surface area contributed by atoms with Gasteiger partial charge in [-0.25, -0.2) is 4.79 Å². The zero-order valence-corrected chi connectivity index (χ0v) is 26.0. The van der Waals surface area contributed by atoms with Crippen molar-refractivity contribution in [2.75, 3.05) is 11.9 Å². The fraction of sp³-hybridized carbons (Fsp3) is 0.500. The zero-order chi connectivity index (χ0) is 32.9. The maximum atomic E-state index is 13.3. The van der Waals surface area contributed by atoms with E-state index in [-0.39, 0.29) is 29.3 Å². The fourth-order valence-corrected chi connectivity index (χ4v) is 5.69. The molecule has 1 fully saturated rings. The van der Waals surface area contributed by atoms with Crippen LogP contribution in [0.4, 0.5) is 5.69 Å². The Morgan fingerprint density at radius 2 is 1.68 bits per heavy atom. The Labute approximate surface area is 253 Å². The van der Waals surface area contributed by atoms with Gasteiger partial charge in [-0.15, -0.1) is 0 Å². The number of anilines is 1. The summed E-state index contributed by atoms with van der Waals surface area (Å²) in [5.41, 5.74) is -0.489. The Morgan fingerprint density at radius 3 is 2.30 bits per heavy atom. The number of rotatable bonds is 11. The molecule has 240 valence electrons. The highest BCUT2D eigenvalue weighted by Crippen LogP contribution is 2.40. The molecule has 0 saturated carbocycles. The van der Waals surface area contributed by atoms with E-state index < -0.39 is 73.1 Å². The first kappa shape index (κ1) is 34.4. The molecule has 5 amide bonds. The number of fused-ring (bicyclic) bond motifs is 1. The van der Waals surface area contributed by atoms with Gasteiger partial charge in [-0.2, -0.15) is 0 Å². The number of hydrogen-bond acceptors (Lipinski definition) is 8. The van der Waals surface area contributed by atoms with E-state index in [1.165, 1.54) is 43.9 Å². The Bertz CT molecular complexity index is 1550. The first-order valence-corrected chi connectivity index (χ1v) is 15.9. The Hall–Kier alpha value is -4.07. The van der Waals surface area contributed by atoms with Crippen molar-refractivity contribution >= 4 is 53.8 Å². The van der Waals surface area contributed by atoms with E-state index in [0.29, 0.717) is 18.2 Å². The second kappa shape index (κ2) is 14.1. The van der Waals surface area contributed by atoms with E-state index in [1.54, 1.807) is 13.8 Å². The third kappa shape index (κ3) is 8.97. The first-order chi connectivity index (χ1) is 20.5. The molecule has 0 bridgehead atoms. The van der Waals surface area contributed by atoms with E-state index in [9.17, 15) is 43.1 Å². The Balaban J connectivity index is 1.71. The van der Waals surface area contributed by atoms with Crippen molar-refractivity contribution in [3.05, 3.63) is 40.2 Å². The number of carbonyl (C=O) groups is 5. The van der Waals surface area contributed by atoms with Crippen LogP contribution in [0, 0.1) is 5.92 Å². The van der Waals surface area contributed by atoms with Crippen LogP contribution in [0.25, 0.3) is 11.0 Å². The molecule has 1 aromatic heterocycles. The van der Waals surface area contributed by atoms with Crippen LogP contribution >= 0.6 is 7.60 Å². The zero-order valence-electron chi connectivity index (χ0n) is 25.1. The normalized spacial score (nSPS) is 17.1. The van der Waals surface area contributed by atoms with Crippen molar-refractivity contribution in [3.8, 4) is 0 Å². The predicted octanol–water partition coefficient (Wildman–Crippen LogP) is 0.570. The summed E-state index contributed by atoms with van der Waals surface area (Å²) >= 11 is 0. The molecule has 2 heterocycles. The average molecular weight is 636 g/mol. The monoisotopic (exact) mass is 635 g/mol. The average Bonchev–Trinajstić information content (AvgIpc) is 3.39. The summed E-state index contributed by atoms with van der Waals surface area (Å²) in [6, 6.07) is 1.57. The van der Waals surface area contributed by atoms with Gasteiger partial charge in [0.2, 0.25) is 29.5 Å². The van der Waals surface area contributed by atoms with E-state index in [0.717, 1.165) is 6.07 Å². The second-order valence-electron chi connectivity index (χ2n) is 11.2. The van der Waals surface area contributed by atoms with Crippen molar-refractivity contribution in [1.82, 2.24) is 20.9 Å². The third-order valence-corrected chi connectivity index (χ3v) is 7.85. The minimum Gasteiger partial charge on any atom is -0.423 e. The number of likely N-dealkylation sites (tertiary alicyclic amines) is 1. The molecule has 0 aliphatic carbocycles. The lowest BCUT2D eigenvalue weighted by atomic mass is 10.0. The predicted molar refractivity (Wildman–Crippen MR) is 159 cm³/mol. The molecule has 2 aromatic rings. The van der Waals surface area contributed by atoms with Crippen molar-refractivity contribution in [2.24, 2.45) is 5.92 Å². The van der Waals surface area contributed by atoms with Crippen molar-refractivity contribution in [3.63, 3.8) is 0 Å². The molecule has 0 radical (unpaired) electrons. The van der Waals surface area contributed by atoms with Crippen molar-refractivity contribution in [2.45, 2.75) is 77.8 Å². The molecule has 4 atom stereocenters. The Morgan fingerprint density at radius 1 is 1.00 bits per heavy atom. The largest absolute Gasteiger partial charge is 0.423 e. The van der Waals surface area contributed by atoms with Crippen LogP contribution in [0.15, 0.2) is 33.5 Å². The van der Waals surface area contributed by atoms with Gasteiger partial charge in [-0.05, 0) is 50.3 Å². The third-order valence-electron chi connectivity index (χ3n) is 7.10. The summed E-state index contributed by atoms with van der Waals surface area (Å²) in [4.78, 5) is 95.4. The summed E-state index contributed by atoms with van der Waals surface area (Å²) in [5, 5.41) is 10.7. The quantitative estimate of drug-likeness (QED) is 0.149. The first-order valence-electron chi connectivity index (χ1n) is 14.1. The van der Waals surface area contributed by atoms with E-state index in [2.05, 4.69) is 21.3 Å². The topological polar surface area (TPSA) is 224 Å². The summed E-state index contributed by atoms with van der Waals surface area (Å²) < 4.78 is 16.7. The molecule has 0 spiro atoms. The van der Waals surface area contributed by atoms with Crippen LogP contribution in [-0.4, -0.2) is 74.9 Å². The number of nitrogens with one attached hydrogen (secondary N) is 4. The van der Waals surface area contributed by atoms with Gasteiger partial charge in [-0.3, -0.25) is 28.5 Å². The standard InChI is InChI=1S/C28H38N5O10P/c1-14(2)24(27(38)31-19-8-9-20-18(13-44(40,41)42)11-23(35)43-22(20)12-19)32-26(37)21-7-6-10-33(21)28(39)16(4)30-25(36)15(3)29-17(5)34/h8-9,11-12,14-16,21,24H,6-7,10,13H2,1-5H3,(H,29,34)(H,30,36)(H,31,38)(H,32,37)(H2,40,41,42)/t15-,16-,21+,24-/m0/s1. The molecule has 6 N–H and O–H groups in total. The summed E-state index contributed by atoms with van der Waals surface area (Å²) in [5.74, 6) is -2.92. The van der Waals surface area contributed by atoms with Gasteiger partial charge in [0.05, 0.1) is 6.16 Å². The molecule has 1 aliphatic rings. The van der Waals surface area contributed by atoms with E-state index >= 15 is 0 Å². The van der Waals surface area contributed by atoms with Crippen LogP contribution in [0.5, 0.6) is 0 Å². The molecule has 3 rings (SSSR count). The van der Waals surface area contributed by atoms with Crippen LogP contribution in [0.2, 0.25) is 0 Å². The van der Waals surface area contributed by atoms with Crippen molar-refractivity contribution < 1.29 is 42.7 Å². The maximum absolute atomic E-state index is 13.3. The number of carbonyl (C=O) groups excluding carboxylic acids is 5. The minimum absolute atomic E-state index is 0.0108. The SMILES string of the molecule is CC(=O)N[C@@H](C)C(=O)N[C@@H](C)C(=O)N1CCC[C@@H]1C(=O)N[C@H](C(=O)Nc1ccc2c(CP(=O)(O)O)cc(=O)oc2c1)C(C)C. The summed E-state index contributed by atoms with van der Waals surface area (Å²) in [7, 11) is -4.47. The van der Waals surface area contributed by atoms with Gasteiger partial charge in [0.25, 0.3) is 0 Å². The second-order valence-corrected chi connectivity index (χ2v) is 12.8. The molecule has 0 unspecified atom stereocenters. The highest BCUT2D eigenvalue weighted by molar-refractivity contribution is 7.50. The van der Waals surface area contributed by atoms with Crippen LogP contribution in [0.3, 0.4) is 0 Å².